The van der Waals surface area contributed by atoms with Gasteiger partial charge in [0.25, 0.3) is 5.91 Å². The molecule has 5 aromatic carbocycles. The predicted octanol–water partition coefficient (Wildman–Crippen LogP) is 7.23. The average molecular weight is 635 g/mol. The summed E-state index contributed by atoms with van der Waals surface area (Å²) in [6.45, 7) is 0. The molecule has 10 heteroatoms. The normalized spacial score (nSPS) is 9.80. The van der Waals surface area contributed by atoms with Crippen molar-refractivity contribution in [3.05, 3.63) is 166 Å². The van der Waals surface area contributed by atoms with Gasteiger partial charge in [-0.1, -0.05) is 35.8 Å². The summed E-state index contributed by atoms with van der Waals surface area (Å²) >= 11 is 0.888. The van der Waals surface area contributed by atoms with E-state index in [4.69, 9.17) is 11.0 Å². The number of carbonyl (C=O) groups is 2. The van der Waals surface area contributed by atoms with Crippen LogP contribution in [0.2, 0.25) is 0 Å². The summed E-state index contributed by atoms with van der Waals surface area (Å²) in [7, 11) is 0. The fraction of sp³-hybridized carbons (Fsp3) is 0. The third kappa shape index (κ3) is 10.5. The molecule has 0 atom stereocenters. The molecule has 228 valence electrons. The molecular formula is C36H24F2N2O5S. The number of halogens is 2. The maximum Gasteiger partial charge on any atom is 0.335 e. The van der Waals surface area contributed by atoms with Gasteiger partial charge in [-0.25, -0.2) is 13.6 Å². The van der Waals surface area contributed by atoms with Crippen LogP contribution in [0, 0.1) is 35.3 Å². The summed E-state index contributed by atoms with van der Waals surface area (Å²) in [5.74, 6) is 14.7. The SMILES string of the molecule is NOOSc1ccccc1NC(=O)c1ccc(C#Cc2ccc(F)cc2)cc1.O=C(O)c1ccc(C#Cc2ccc(F)cc2)cc1. The van der Waals surface area contributed by atoms with Crippen LogP contribution in [-0.2, 0) is 9.32 Å². The summed E-state index contributed by atoms with van der Waals surface area (Å²) in [6, 6.07) is 32.0. The van der Waals surface area contributed by atoms with Gasteiger partial charge in [0.2, 0.25) is 0 Å². The number of carbonyl (C=O) groups excluding carboxylic acids is 1. The Morgan fingerprint density at radius 1 is 0.630 bits per heavy atom. The van der Waals surface area contributed by atoms with Crippen LogP contribution >= 0.6 is 12.0 Å². The molecule has 5 rings (SSSR count). The van der Waals surface area contributed by atoms with E-state index in [-0.39, 0.29) is 23.1 Å². The van der Waals surface area contributed by atoms with Crippen LogP contribution in [0.1, 0.15) is 43.0 Å². The van der Waals surface area contributed by atoms with Gasteiger partial charge in [0.05, 0.1) is 28.2 Å². The number of benzene rings is 5. The molecule has 0 bridgehead atoms. The third-order valence-electron chi connectivity index (χ3n) is 5.97. The standard InChI is InChI=1S/C21H15FN2O3S.C15H9FO2/c22-18-13-9-16(10-14-18)6-5-15-7-11-17(12-8-15)21(25)24-19-3-1-2-4-20(19)28-27-26-23;16-14-9-5-12(6-10-14)2-1-11-3-7-13(8-4-11)15(17)18/h1-4,7-14H,23H2,(H,24,25);3-10H,(H,17,18). The molecule has 7 nitrogen and oxygen atoms in total. The van der Waals surface area contributed by atoms with Gasteiger partial charge in [-0.15, -0.1) is 9.32 Å². The number of hydrogen-bond acceptors (Lipinski definition) is 6. The zero-order valence-corrected chi connectivity index (χ0v) is 24.7. The van der Waals surface area contributed by atoms with E-state index in [0.29, 0.717) is 32.8 Å². The van der Waals surface area contributed by atoms with Crippen molar-refractivity contribution in [3.8, 4) is 23.7 Å². The number of amides is 1. The van der Waals surface area contributed by atoms with Crippen molar-refractivity contribution in [2.75, 3.05) is 5.32 Å². The lowest BCUT2D eigenvalue weighted by atomic mass is 10.1. The molecule has 0 heterocycles. The lowest BCUT2D eigenvalue weighted by molar-refractivity contribution is -0.195. The maximum atomic E-state index is 12.9. The lowest BCUT2D eigenvalue weighted by Crippen LogP contribution is -2.12. The van der Waals surface area contributed by atoms with Crippen LogP contribution in [0.25, 0.3) is 0 Å². The Morgan fingerprint density at radius 2 is 1.04 bits per heavy atom. The van der Waals surface area contributed by atoms with Gasteiger partial charge in [-0.3, -0.25) is 4.79 Å². The van der Waals surface area contributed by atoms with Crippen molar-refractivity contribution in [1.82, 2.24) is 0 Å². The van der Waals surface area contributed by atoms with Gasteiger partial charge in [-0.05, 0) is 109 Å². The number of para-hydroxylation sites is 1. The third-order valence-corrected chi connectivity index (χ3v) is 6.65. The van der Waals surface area contributed by atoms with Gasteiger partial charge in [0.15, 0.2) is 0 Å². The zero-order chi connectivity index (χ0) is 32.7. The minimum absolute atomic E-state index is 0.224. The molecule has 5 aromatic rings. The van der Waals surface area contributed by atoms with E-state index in [2.05, 4.69) is 38.3 Å². The van der Waals surface area contributed by atoms with Gasteiger partial charge in [-0.2, -0.15) is 5.90 Å². The van der Waals surface area contributed by atoms with Crippen molar-refractivity contribution in [1.29, 1.82) is 0 Å². The average Bonchev–Trinajstić information content (AvgIpc) is 3.08. The number of aromatic carboxylic acids is 1. The van der Waals surface area contributed by atoms with Gasteiger partial charge in [0.1, 0.15) is 11.6 Å². The largest absolute Gasteiger partial charge is 0.478 e. The lowest BCUT2D eigenvalue weighted by Gasteiger charge is -2.09. The fourth-order valence-electron chi connectivity index (χ4n) is 3.65. The first kappa shape index (κ1) is 33.1. The van der Waals surface area contributed by atoms with E-state index in [9.17, 15) is 18.4 Å². The van der Waals surface area contributed by atoms with Crippen molar-refractivity contribution < 1.29 is 32.8 Å². The molecule has 0 aliphatic heterocycles. The Balaban J connectivity index is 0.000000230. The van der Waals surface area contributed by atoms with Crippen LogP contribution in [-0.4, -0.2) is 17.0 Å². The first-order valence-corrected chi connectivity index (χ1v) is 14.1. The van der Waals surface area contributed by atoms with Crippen molar-refractivity contribution in [2.45, 2.75) is 4.90 Å². The van der Waals surface area contributed by atoms with E-state index in [1.54, 1.807) is 84.9 Å². The molecular weight excluding hydrogens is 610 g/mol. The Labute approximate surface area is 268 Å². The summed E-state index contributed by atoms with van der Waals surface area (Å²) < 4.78 is 30.2. The summed E-state index contributed by atoms with van der Waals surface area (Å²) in [6.07, 6.45) is 0. The van der Waals surface area contributed by atoms with E-state index >= 15 is 0 Å². The smallest absolute Gasteiger partial charge is 0.335 e. The first-order valence-electron chi connectivity index (χ1n) is 13.4. The monoisotopic (exact) mass is 634 g/mol. The van der Waals surface area contributed by atoms with Crippen LogP contribution in [0.15, 0.2) is 126 Å². The van der Waals surface area contributed by atoms with Crippen LogP contribution in [0.4, 0.5) is 14.5 Å². The molecule has 0 saturated carbocycles. The first-order chi connectivity index (χ1) is 22.3. The summed E-state index contributed by atoms with van der Waals surface area (Å²) in [4.78, 5) is 27.9. The molecule has 0 aliphatic carbocycles. The molecule has 1 amide bonds. The van der Waals surface area contributed by atoms with Crippen molar-refractivity contribution in [2.24, 2.45) is 5.90 Å². The van der Waals surface area contributed by atoms with Crippen molar-refractivity contribution >= 4 is 29.6 Å². The van der Waals surface area contributed by atoms with E-state index in [1.807, 2.05) is 0 Å². The van der Waals surface area contributed by atoms with Gasteiger partial charge < -0.3 is 10.4 Å². The summed E-state index contributed by atoms with van der Waals surface area (Å²) in [5.41, 5.74) is 4.13. The number of anilines is 1. The number of rotatable bonds is 6. The maximum absolute atomic E-state index is 12.9. The molecule has 0 saturated heterocycles. The molecule has 0 fully saturated rings. The molecule has 0 aromatic heterocycles. The van der Waals surface area contributed by atoms with Crippen LogP contribution in [0.5, 0.6) is 0 Å². The number of nitrogens with two attached hydrogens (primary N) is 1. The second-order valence-electron chi connectivity index (χ2n) is 9.17. The number of hydrogen-bond donors (Lipinski definition) is 3. The topological polar surface area (TPSA) is 111 Å². The highest BCUT2D eigenvalue weighted by molar-refractivity contribution is 7.94. The Morgan fingerprint density at radius 3 is 1.48 bits per heavy atom. The molecule has 46 heavy (non-hydrogen) atoms. The van der Waals surface area contributed by atoms with E-state index < -0.39 is 5.97 Å². The van der Waals surface area contributed by atoms with E-state index in [0.717, 1.165) is 17.6 Å². The number of carboxylic acid groups (broad SMARTS) is 1. The van der Waals surface area contributed by atoms with Crippen molar-refractivity contribution in [3.63, 3.8) is 0 Å². The van der Waals surface area contributed by atoms with E-state index in [1.165, 1.54) is 36.4 Å². The molecule has 0 aliphatic rings. The number of nitrogens with one attached hydrogen (secondary N) is 1. The van der Waals surface area contributed by atoms with Gasteiger partial charge >= 0.3 is 5.97 Å². The minimum Gasteiger partial charge on any atom is -0.478 e. The Bertz CT molecular complexity index is 1910. The highest BCUT2D eigenvalue weighted by Crippen LogP contribution is 2.28. The molecule has 0 radical (unpaired) electrons. The Hall–Kier alpha value is -5.75. The molecule has 0 unspecified atom stereocenters. The minimum atomic E-state index is -0.965. The van der Waals surface area contributed by atoms with Gasteiger partial charge in [0, 0.05) is 27.8 Å². The quantitative estimate of drug-likeness (QED) is 0.0782. The highest BCUT2D eigenvalue weighted by Gasteiger charge is 2.10. The van der Waals surface area contributed by atoms with Crippen LogP contribution < -0.4 is 11.2 Å². The second kappa shape index (κ2) is 16.9. The Kier molecular flexibility index (Phi) is 12.2. The molecule has 0 spiro atoms. The number of carboxylic acids is 1. The highest BCUT2D eigenvalue weighted by atomic mass is 32.2. The zero-order valence-electron chi connectivity index (χ0n) is 23.9. The second-order valence-corrected chi connectivity index (χ2v) is 9.91. The molecule has 4 N–H and O–H groups in total. The van der Waals surface area contributed by atoms with Crippen LogP contribution in [0.3, 0.4) is 0 Å². The predicted molar refractivity (Wildman–Crippen MR) is 171 cm³/mol. The summed E-state index contributed by atoms with van der Waals surface area (Å²) in [5, 5.41) is 11.5. The fourth-order valence-corrected chi connectivity index (χ4v) is 4.11.